The van der Waals surface area contributed by atoms with E-state index in [1.165, 1.54) is 18.3 Å². The van der Waals surface area contributed by atoms with Crippen LogP contribution in [0.2, 0.25) is 5.02 Å². The van der Waals surface area contributed by atoms with Crippen LogP contribution >= 0.6 is 11.6 Å². The number of halogens is 2. The number of amides is 2. The minimum Gasteiger partial charge on any atom is -0.487 e. The molecule has 1 aliphatic heterocycles. The molecule has 2 aliphatic rings. The Balaban J connectivity index is 1.71. The van der Waals surface area contributed by atoms with Gasteiger partial charge in [-0.05, 0) is 25.8 Å². The second-order valence-electron chi connectivity index (χ2n) is 9.28. The zero-order valence-electron chi connectivity index (χ0n) is 20.7. The van der Waals surface area contributed by atoms with Crippen LogP contribution in [0.1, 0.15) is 59.5 Å². The van der Waals surface area contributed by atoms with E-state index in [0.29, 0.717) is 26.1 Å². The number of carbonyl (C=O) groups excluding carboxylic acids is 2. The van der Waals surface area contributed by atoms with Gasteiger partial charge in [0.2, 0.25) is 5.43 Å². The van der Waals surface area contributed by atoms with Crippen LogP contribution in [0.5, 0.6) is 5.75 Å². The first kappa shape index (κ1) is 26.2. The molecule has 0 radical (unpaired) electrons. The standard InChI is InChI=1S/C26H31ClFN3O5/c1-4-6-10-36-23-21-25(34)31(5-2)26(11-17(26)14-35-3)15-30(21)13-18(22(23)32)24(33)29-12-16-8-7-9-19(27)20(16)28/h7-9,13,17H,4-6,10-12,14-15H2,1-3H3,(H,29,33)/t17-,26-/m1/s1. The fourth-order valence-corrected chi connectivity index (χ4v) is 5.22. The van der Waals surface area contributed by atoms with Crippen LogP contribution in [0.3, 0.4) is 0 Å². The Morgan fingerprint density at radius 1 is 1.31 bits per heavy atom. The quantitative estimate of drug-likeness (QED) is 0.484. The predicted molar refractivity (Wildman–Crippen MR) is 133 cm³/mol. The molecular formula is C26H31ClFN3O5. The molecular weight excluding hydrogens is 489 g/mol. The highest BCUT2D eigenvalue weighted by atomic mass is 35.5. The average molecular weight is 520 g/mol. The zero-order valence-corrected chi connectivity index (χ0v) is 21.5. The van der Waals surface area contributed by atoms with E-state index < -0.39 is 22.7 Å². The number of methoxy groups -OCH3 is 1. The molecule has 8 nitrogen and oxygen atoms in total. The zero-order chi connectivity index (χ0) is 26.0. The minimum atomic E-state index is -0.682. The van der Waals surface area contributed by atoms with Crippen molar-refractivity contribution in [3.63, 3.8) is 0 Å². The molecule has 1 aromatic carbocycles. The first-order valence-corrected chi connectivity index (χ1v) is 12.6. The molecule has 1 N–H and O–H groups in total. The Kier molecular flexibility index (Phi) is 7.70. The van der Waals surface area contributed by atoms with Gasteiger partial charge in [0.15, 0.2) is 11.4 Å². The number of benzene rings is 1. The van der Waals surface area contributed by atoms with Crippen LogP contribution in [0.4, 0.5) is 4.39 Å². The maximum absolute atomic E-state index is 14.3. The number of hydrogen-bond acceptors (Lipinski definition) is 5. The summed E-state index contributed by atoms with van der Waals surface area (Å²) in [6.07, 6.45) is 3.72. The van der Waals surface area contributed by atoms with E-state index in [-0.39, 0.29) is 52.6 Å². The number of ether oxygens (including phenoxy) is 2. The molecule has 1 fully saturated rings. The molecule has 2 aromatic rings. The maximum atomic E-state index is 14.3. The highest BCUT2D eigenvalue weighted by molar-refractivity contribution is 6.30. The Hall–Kier alpha value is -2.91. The second kappa shape index (κ2) is 10.6. The number of fused-ring (bicyclic) bond motifs is 1. The van der Waals surface area contributed by atoms with Crippen LogP contribution < -0.4 is 15.5 Å². The number of nitrogens with one attached hydrogen (secondary N) is 1. The normalized spacial score (nSPS) is 20.4. The van der Waals surface area contributed by atoms with Crippen LogP contribution in [0.25, 0.3) is 0 Å². The van der Waals surface area contributed by atoms with Gasteiger partial charge in [0.1, 0.15) is 11.4 Å². The first-order chi connectivity index (χ1) is 17.3. The lowest BCUT2D eigenvalue weighted by atomic mass is 10.0. The van der Waals surface area contributed by atoms with Crippen molar-refractivity contribution in [1.82, 2.24) is 14.8 Å². The molecule has 1 saturated carbocycles. The molecule has 2 atom stereocenters. The molecule has 4 rings (SSSR count). The van der Waals surface area contributed by atoms with Crippen molar-refractivity contribution in [1.29, 1.82) is 0 Å². The molecule has 0 unspecified atom stereocenters. The third-order valence-corrected chi connectivity index (χ3v) is 7.30. The summed E-state index contributed by atoms with van der Waals surface area (Å²) >= 11 is 5.83. The summed E-state index contributed by atoms with van der Waals surface area (Å²) in [5.74, 6) is -1.56. The van der Waals surface area contributed by atoms with E-state index in [1.807, 2.05) is 13.8 Å². The highest BCUT2D eigenvalue weighted by Gasteiger charge is 2.62. The van der Waals surface area contributed by atoms with Crippen molar-refractivity contribution in [3.05, 3.63) is 62.3 Å². The van der Waals surface area contributed by atoms with E-state index >= 15 is 0 Å². The van der Waals surface area contributed by atoms with E-state index in [4.69, 9.17) is 21.1 Å². The molecule has 194 valence electrons. The maximum Gasteiger partial charge on any atom is 0.275 e. The number of likely N-dealkylation sites (N-methyl/N-ethyl adjacent to an activating group) is 1. The van der Waals surface area contributed by atoms with Gasteiger partial charge >= 0.3 is 0 Å². The van der Waals surface area contributed by atoms with Crippen molar-refractivity contribution in [2.45, 2.75) is 51.7 Å². The number of carbonyl (C=O) groups is 2. The highest BCUT2D eigenvalue weighted by Crippen LogP contribution is 2.52. The molecule has 0 bridgehead atoms. The molecule has 2 heterocycles. The summed E-state index contributed by atoms with van der Waals surface area (Å²) in [4.78, 5) is 41.9. The van der Waals surface area contributed by atoms with Gasteiger partial charge in [-0.25, -0.2) is 4.39 Å². The van der Waals surface area contributed by atoms with Gasteiger partial charge in [0, 0.05) is 44.4 Å². The fraction of sp³-hybridized carbons (Fsp3) is 0.500. The fourth-order valence-electron chi connectivity index (χ4n) is 5.03. The van der Waals surface area contributed by atoms with Gasteiger partial charge in [-0.2, -0.15) is 0 Å². The summed E-state index contributed by atoms with van der Waals surface area (Å²) in [5.41, 5.74) is -0.900. The van der Waals surface area contributed by atoms with Gasteiger partial charge in [-0.1, -0.05) is 37.1 Å². The van der Waals surface area contributed by atoms with Gasteiger partial charge < -0.3 is 24.3 Å². The number of pyridine rings is 1. The van der Waals surface area contributed by atoms with Crippen molar-refractivity contribution >= 4 is 23.4 Å². The summed E-state index contributed by atoms with van der Waals surface area (Å²) in [6.45, 7) is 5.40. The van der Waals surface area contributed by atoms with E-state index in [1.54, 1.807) is 22.6 Å². The lowest BCUT2D eigenvalue weighted by Gasteiger charge is -2.39. The van der Waals surface area contributed by atoms with Gasteiger partial charge in [-0.15, -0.1) is 0 Å². The second-order valence-corrected chi connectivity index (χ2v) is 9.69. The Bertz CT molecular complexity index is 1230. The van der Waals surface area contributed by atoms with Crippen LogP contribution in [0, 0.1) is 11.7 Å². The smallest absolute Gasteiger partial charge is 0.275 e. The summed E-state index contributed by atoms with van der Waals surface area (Å²) in [7, 11) is 1.63. The van der Waals surface area contributed by atoms with Gasteiger partial charge in [0.05, 0.1) is 23.8 Å². The Morgan fingerprint density at radius 3 is 2.78 bits per heavy atom. The largest absolute Gasteiger partial charge is 0.487 e. The molecule has 1 spiro atoms. The SMILES string of the molecule is CCCCOc1c2n(cc(C(=O)NCc3cccc(Cl)c3F)c1=O)C[C@@]1(C[C@@H]1COC)N(CC)C2=O. The molecule has 10 heteroatoms. The lowest BCUT2D eigenvalue weighted by Crippen LogP contribution is -2.52. The third-order valence-electron chi connectivity index (χ3n) is 7.01. The van der Waals surface area contributed by atoms with Crippen molar-refractivity contribution in [2.24, 2.45) is 5.92 Å². The van der Waals surface area contributed by atoms with Crippen LogP contribution in [-0.2, 0) is 17.8 Å². The summed E-state index contributed by atoms with van der Waals surface area (Å²) in [6, 6.07) is 4.50. The Morgan fingerprint density at radius 2 is 2.08 bits per heavy atom. The number of hydrogen-bond donors (Lipinski definition) is 1. The number of aromatic nitrogens is 1. The van der Waals surface area contributed by atoms with E-state index in [2.05, 4.69) is 5.32 Å². The third kappa shape index (κ3) is 4.62. The van der Waals surface area contributed by atoms with Crippen molar-refractivity contribution < 1.29 is 23.5 Å². The predicted octanol–water partition coefficient (Wildman–Crippen LogP) is 3.63. The summed E-state index contributed by atoms with van der Waals surface area (Å²) < 4.78 is 27.1. The topological polar surface area (TPSA) is 89.9 Å². The summed E-state index contributed by atoms with van der Waals surface area (Å²) in [5, 5.41) is 2.55. The monoisotopic (exact) mass is 519 g/mol. The van der Waals surface area contributed by atoms with Crippen LogP contribution in [-0.4, -0.2) is 53.7 Å². The average Bonchev–Trinajstić information content (AvgIpc) is 3.53. The molecule has 0 saturated heterocycles. The Labute approximate surface area is 214 Å². The number of rotatable bonds is 10. The van der Waals surface area contributed by atoms with Crippen molar-refractivity contribution in [3.8, 4) is 5.75 Å². The number of nitrogens with zero attached hydrogens (tertiary/aromatic N) is 2. The number of unbranched alkanes of at least 4 members (excludes halogenated alkanes) is 1. The molecule has 36 heavy (non-hydrogen) atoms. The lowest BCUT2D eigenvalue weighted by molar-refractivity contribution is 0.0489. The molecule has 2 amide bonds. The minimum absolute atomic E-state index is 0.0541. The van der Waals surface area contributed by atoms with Crippen molar-refractivity contribution in [2.75, 3.05) is 26.9 Å². The van der Waals surface area contributed by atoms with E-state index in [0.717, 1.165) is 12.8 Å². The van der Waals surface area contributed by atoms with Crippen LogP contribution in [0.15, 0.2) is 29.2 Å². The molecule has 1 aromatic heterocycles. The van der Waals surface area contributed by atoms with E-state index in [9.17, 15) is 18.8 Å². The van der Waals surface area contributed by atoms with Gasteiger partial charge in [0.25, 0.3) is 11.8 Å². The van der Waals surface area contributed by atoms with Gasteiger partial charge in [-0.3, -0.25) is 14.4 Å². The molecule has 1 aliphatic carbocycles. The first-order valence-electron chi connectivity index (χ1n) is 12.2.